The number of hydrogen-bond acceptors (Lipinski definition) is 6. The molecule has 0 aromatic heterocycles. The van der Waals surface area contributed by atoms with Crippen molar-refractivity contribution < 1.29 is 23.8 Å². The molecule has 32 heavy (non-hydrogen) atoms. The van der Waals surface area contributed by atoms with Crippen LogP contribution in [0.5, 0.6) is 5.75 Å². The number of carbonyl (C=O) groups excluding carboxylic acids is 2. The third-order valence-electron chi connectivity index (χ3n) is 4.57. The molecule has 5 nitrogen and oxygen atoms in total. The Morgan fingerprint density at radius 1 is 1.03 bits per heavy atom. The fraction of sp³-hybridized carbons (Fsp3) is 0.385. The van der Waals surface area contributed by atoms with Crippen LogP contribution >= 0.6 is 11.8 Å². The van der Waals surface area contributed by atoms with Gasteiger partial charge in [0.05, 0.1) is 6.61 Å². The van der Waals surface area contributed by atoms with Gasteiger partial charge in [-0.3, -0.25) is 4.79 Å². The fourth-order valence-corrected chi connectivity index (χ4v) is 3.60. The summed E-state index contributed by atoms with van der Waals surface area (Å²) in [6.45, 7) is 9.82. The maximum absolute atomic E-state index is 12.3. The number of benzene rings is 2. The fourth-order valence-electron chi connectivity index (χ4n) is 2.71. The summed E-state index contributed by atoms with van der Waals surface area (Å²) >= 11 is 1.61. The van der Waals surface area contributed by atoms with Crippen molar-refractivity contribution in [3.05, 3.63) is 72.3 Å². The highest BCUT2D eigenvalue weighted by Gasteiger charge is 2.17. The minimum atomic E-state index is -0.451. The predicted molar refractivity (Wildman–Crippen MR) is 128 cm³/mol. The van der Waals surface area contributed by atoms with E-state index in [1.165, 1.54) is 5.56 Å². The van der Waals surface area contributed by atoms with E-state index in [2.05, 4.69) is 20.4 Å². The SMILES string of the molecule is C=C(C)C(=O)OCCCC(=O)OC(COc1ccc(C(C)C)cc1)CSc1ccccc1. The van der Waals surface area contributed by atoms with Crippen molar-refractivity contribution in [2.45, 2.75) is 50.5 Å². The van der Waals surface area contributed by atoms with Gasteiger partial charge in [-0.2, -0.15) is 0 Å². The molecular formula is C26H32O5S. The first kappa shape index (κ1) is 25.5. The van der Waals surface area contributed by atoms with Gasteiger partial charge in [0.15, 0.2) is 0 Å². The van der Waals surface area contributed by atoms with Gasteiger partial charge in [0.25, 0.3) is 0 Å². The molecule has 0 N–H and O–H groups in total. The molecule has 0 amide bonds. The van der Waals surface area contributed by atoms with Gasteiger partial charge in [-0.05, 0) is 49.1 Å². The van der Waals surface area contributed by atoms with E-state index < -0.39 is 12.1 Å². The standard InChI is InChI=1S/C26H32O5S/c1-19(2)21-12-14-22(15-13-21)30-17-23(18-32-24-9-6-5-7-10-24)31-25(27)11-8-16-29-26(28)20(3)4/h5-7,9-10,12-15,19,23H,3,8,11,16-18H2,1-2,4H3. The van der Waals surface area contributed by atoms with Gasteiger partial charge in [-0.25, -0.2) is 4.79 Å². The molecule has 0 fully saturated rings. The van der Waals surface area contributed by atoms with E-state index in [1.54, 1.807) is 18.7 Å². The lowest BCUT2D eigenvalue weighted by Crippen LogP contribution is -2.27. The minimum absolute atomic E-state index is 0.156. The minimum Gasteiger partial charge on any atom is -0.490 e. The van der Waals surface area contributed by atoms with Crippen LogP contribution in [0.3, 0.4) is 0 Å². The maximum Gasteiger partial charge on any atom is 0.333 e. The molecule has 0 spiro atoms. The van der Waals surface area contributed by atoms with Crippen molar-refractivity contribution >= 4 is 23.7 Å². The smallest absolute Gasteiger partial charge is 0.333 e. The molecular weight excluding hydrogens is 424 g/mol. The second-order valence-electron chi connectivity index (χ2n) is 7.79. The Labute approximate surface area is 195 Å². The zero-order valence-electron chi connectivity index (χ0n) is 19.0. The number of thioether (sulfide) groups is 1. The van der Waals surface area contributed by atoms with E-state index in [1.807, 2.05) is 54.6 Å². The van der Waals surface area contributed by atoms with Gasteiger partial charge in [0.2, 0.25) is 0 Å². The van der Waals surface area contributed by atoms with Crippen LogP contribution in [0.25, 0.3) is 0 Å². The highest BCUT2D eigenvalue weighted by atomic mass is 32.2. The molecule has 0 aliphatic heterocycles. The van der Waals surface area contributed by atoms with E-state index in [9.17, 15) is 9.59 Å². The molecule has 1 atom stereocenters. The van der Waals surface area contributed by atoms with Crippen LogP contribution in [0.1, 0.15) is 45.1 Å². The molecule has 1 unspecified atom stereocenters. The number of hydrogen-bond donors (Lipinski definition) is 0. The summed E-state index contributed by atoms with van der Waals surface area (Å²) in [7, 11) is 0. The molecule has 0 aliphatic carbocycles. The Morgan fingerprint density at radius 2 is 1.72 bits per heavy atom. The van der Waals surface area contributed by atoms with Gasteiger partial charge >= 0.3 is 11.9 Å². The Hall–Kier alpha value is -2.73. The van der Waals surface area contributed by atoms with E-state index >= 15 is 0 Å². The van der Waals surface area contributed by atoms with Crippen molar-refractivity contribution in [3.63, 3.8) is 0 Å². The predicted octanol–water partition coefficient (Wildman–Crippen LogP) is 5.79. The normalized spacial score (nSPS) is 11.6. The summed E-state index contributed by atoms with van der Waals surface area (Å²) in [6.07, 6.45) is 0.155. The number of rotatable bonds is 13. The molecule has 0 heterocycles. The van der Waals surface area contributed by atoms with Gasteiger partial charge in [-0.1, -0.05) is 50.8 Å². The van der Waals surface area contributed by atoms with Gasteiger partial charge in [0.1, 0.15) is 18.5 Å². The molecule has 0 radical (unpaired) electrons. The Bertz CT molecular complexity index is 862. The van der Waals surface area contributed by atoms with Crippen molar-refractivity contribution in [1.29, 1.82) is 0 Å². The lowest BCUT2D eigenvalue weighted by atomic mass is 10.0. The van der Waals surface area contributed by atoms with E-state index in [4.69, 9.17) is 14.2 Å². The molecule has 172 valence electrons. The first-order valence-electron chi connectivity index (χ1n) is 10.8. The van der Waals surface area contributed by atoms with Crippen LogP contribution in [0, 0.1) is 0 Å². The van der Waals surface area contributed by atoms with E-state index in [0.29, 0.717) is 23.7 Å². The maximum atomic E-state index is 12.3. The molecule has 0 bridgehead atoms. The van der Waals surface area contributed by atoms with Crippen molar-refractivity contribution in [2.24, 2.45) is 0 Å². The zero-order valence-corrected chi connectivity index (χ0v) is 19.9. The van der Waals surface area contributed by atoms with Crippen molar-refractivity contribution in [2.75, 3.05) is 19.0 Å². The average molecular weight is 457 g/mol. The van der Waals surface area contributed by atoms with Crippen molar-refractivity contribution in [3.8, 4) is 5.75 Å². The monoisotopic (exact) mass is 456 g/mol. The summed E-state index contributed by atoms with van der Waals surface area (Å²) in [4.78, 5) is 24.8. The average Bonchev–Trinajstić information content (AvgIpc) is 2.79. The van der Waals surface area contributed by atoms with E-state index in [0.717, 1.165) is 10.6 Å². The topological polar surface area (TPSA) is 61.8 Å². The van der Waals surface area contributed by atoms with Crippen LogP contribution < -0.4 is 4.74 Å². The molecule has 6 heteroatoms. The zero-order chi connectivity index (χ0) is 23.3. The molecule has 2 aromatic carbocycles. The summed E-state index contributed by atoms with van der Waals surface area (Å²) in [5.74, 6) is 0.979. The molecule has 0 saturated carbocycles. The third-order valence-corrected chi connectivity index (χ3v) is 5.71. The highest BCUT2D eigenvalue weighted by molar-refractivity contribution is 7.99. The van der Waals surface area contributed by atoms with Gasteiger partial charge in [0, 0.05) is 22.6 Å². The quantitative estimate of drug-likeness (QED) is 0.164. The molecule has 2 aromatic rings. The summed E-state index contributed by atoms with van der Waals surface area (Å²) in [5.41, 5.74) is 1.58. The molecule has 0 aliphatic rings. The highest BCUT2D eigenvalue weighted by Crippen LogP contribution is 2.22. The first-order valence-corrected chi connectivity index (χ1v) is 11.8. The second-order valence-corrected chi connectivity index (χ2v) is 8.88. The Morgan fingerprint density at radius 3 is 2.34 bits per heavy atom. The van der Waals surface area contributed by atoms with Crippen LogP contribution in [0.4, 0.5) is 0 Å². The largest absolute Gasteiger partial charge is 0.490 e. The lowest BCUT2D eigenvalue weighted by molar-refractivity contribution is -0.150. The van der Waals surface area contributed by atoms with Crippen LogP contribution in [0.15, 0.2) is 71.6 Å². The molecule has 2 rings (SSSR count). The van der Waals surface area contributed by atoms with Crippen LogP contribution in [0.2, 0.25) is 0 Å². The lowest BCUT2D eigenvalue weighted by Gasteiger charge is -2.19. The van der Waals surface area contributed by atoms with Crippen molar-refractivity contribution in [1.82, 2.24) is 0 Å². The first-order chi connectivity index (χ1) is 15.3. The van der Waals surface area contributed by atoms with Crippen LogP contribution in [-0.4, -0.2) is 37.0 Å². The summed E-state index contributed by atoms with van der Waals surface area (Å²) in [6, 6.07) is 17.9. The number of ether oxygens (including phenoxy) is 3. The summed E-state index contributed by atoms with van der Waals surface area (Å²) < 4.78 is 16.6. The Kier molecular flexibility index (Phi) is 10.9. The van der Waals surface area contributed by atoms with Gasteiger partial charge in [-0.15, -0.1) is 11.8 Å². The Balaban J connectivity index is 1.87. The summed E-state index contributed by atoms with van der Waals surface area (Å²) in [5, 5.41) is 0. The number of esters is 2. The van der Waals surface area contributed by atoms with E-state index in [-0.39, 0.29) is 25.6 Å². The molecule has 0 saturated heterocycles. The second kappa shape index (κ2) is 13.6. The van der Waals surface area contributed by atoms with Gasteiger partial charge < -0.3 is 14.2 Å². The van der Waals surface area contributed by atoms with Crippen LogP contribution in [-0.2, 0) is 19.1 Å². The number of carbonyl (C=O) groups is 2. The third kappa shape index (κ3) is 9.60.